The van der Waals surface area contributed by atoms with Gasteiger partial charge < -0.3 is 48.9 Å². The zero-order valence-electron chi connectivity index (χ0n) is 27.3. The summed E-state index contributed by atoms with van der Waals surface area (Å²) in [6.45, 7) is 8.25. The summed E-state index contributed by atoms with van der Waals surface area (Å²) in [6.07, 6.45) is 0.881. The smallest absolute Gasteiger partial charge is 0.146 e. The Morgan fingerprint density at radius 2 is 1.63 bits per heavy atom. The van der Waals surface area contributed by atoms with Crippen LogP contribution in [-0.4, -0.2) is 99.1 Å². The van der Waals surface area contributed by atoms with Crippen molar-refractivity contribution < 1.29 is 28.4 Å². The number of hydrogen-bond donors (Lipinski definition) is 2. The fourth-order valence-electron chi connectivity index (χ4n) is 6.47. The van der Waals surface area contributed by atoms with Crippen molar-refractivity contribution in [2.24, 2.45) is 0 Å². The molecule has 0 aromatic heterocycles. The van der Waals surface area contributed by atoms with Crippen molar-refractivity contribution in [1.82, 2.24) is 10.6 Å². The third kappa shape index (κ3) is 7.87. The molecular formula is C36H48N4O6. The molecule has 3 aliphatic heterocycles. The van der Waals surface area contributed by atoms with E-state index < -0.39 is 0 Å². The van der Waals surface area contributed by atoms with E-state index in [1.165, 1.54) is 5.56 Å². The van der Waals surface area contributed by atoms with Gasteiger partial charge in [-0.3, -0.25) is 0 Å². The molecule has 10 heteroatoms. The molecular weight excluding hydrogens is 584 g/mol. The Balaban J connectivity index is 1.16. The van der Waals surface area contributed by atoms with E-state index in [2.05, 4.69) is 63.9 Å². The van der Waals surface area contributed by atoms with Crippen molar-refractivity contribution in [2.75, 3.05) is 96.7 Å². The third-order valence-corrected chi connectivity index (χ3v) is 8.93. The predicted molar refractivity (Wildman–Crippen MR) is 180 cm³/mol. The van der Waals surface area contributed by atoms with E-state index in [1.807, 2.05) is 31.3 Å². The number of fused-ring (bicyclic) bond motifs is 2. The standard InChI is InChI=1S/C36H48N4O6/c1-37-13-18-42-34-23-38-24-35(45-25-26-5-12-32-31(21-26)40(16-20-43-32)14-4-17-41-3)36(34)27-6-8-28(9-7-27)46-29-10-11-30-33(22-29)44-19-15-39(30)2/h5-12,21-22,34-38H,4,13-20,23-25H2,1-3H3/t34-,35+,36+/m1/s1. The van der Waals surface area contributed by atoms with Crippen LogP contribution in [0.5, 0.6) is 23.0 Å². The minimum Gasteiger partial charge on any atom is -0.490 e. The van der Waals surface area contributed by atoms with E-state index in [-0.39, 0.29) is 18.1 Å². The molecule has 3 aliphatic rings. The average molecular weight is 633 g/mol. The first-order chi connectivity index (χ1) is 22.6. The molecule has 3 aromatic carbocycles. The van der Waals surface area contributed by atoms with Crippen LogP contribution in [0.4, 0.5) is 11.4 Å². The molecule has 3 atom stereocenters. The molecule has 0 aliphatic carbocycles. The molecule has 0 radical (unpaired) electrons. The van der Waals surface area contributed by atoms with Crippen molar-refractivity contribution in [2.45, 2.75) is 31.2 Å². The summed E-state index contributed by atoms with van der Waals surface area (Å²) in [5.74, 6) is 3.38. The Morgan fingerprint density at radius 1 is 0.848 bits per heavy atom. The van der Waals surface area contributed by atoms with E-state index in [1.54, 1.807) is 7.11 Å². The van der Waals surface area contributed by atoms with Gasteiger partial charge in [0.1, 0.15) is 36.2 Å². The lowest BCUT2D eigenvalue weighted by atomic mass is 9.85. The molecule has 0 bridgehead atoms. The number of rotatable bonds is 14. The number of piperidine rings is 1. The number of ether oxygens (including phenoxy) is 6. The van der Waals surface area contributed by atoms with E-state index >= 15 is 0 Å². The average Bonchev–Trinajstić information content (AvgIpc) is 3.08. The predicted octanol–water partition coefficient (Wildman–Crippen LogP) is 4.42. The van der Waals surface area contributed by atoms with Gasteiger partial charge in [-0.2, -0.15) is 0 Å². The van der Waals surface area contributed by atoms with Gasteiger partial charge in [0.2, 0.25) is 0 Å². The van der Waals surface area contributed by atoms with Crippen molar-refractivity contribution in [1.29, 1.82) is 0 Å². The fraction of sp³-hybridized carbons (Fsp3) is 0.500. The molecule has 0 unspecified atom stereocenters. The van der Waals surface area contributed by atoms with Gasteiger partial charge in [0.15, 0.2) is 0 Å². The van der Waals surface area contributed by atoms with Crippen molar-refractivity contribution >= 4 is 11.4 Å². The summed E-state index contributed by atoms with van der Waals surface area (Å²) in [7, 11) is 5.77. The number of likely N-dealkylation sites (N-methyl/N-ethyl adjacent to an activating group) is 2. The normalized spacial score (nSPS) is 20.8. The van der Waals surface area contributed by atoms with Crippen LogP contribution in [0.15, 0.2) is 60.7 Å². The second-order valence-electron chi connectivity index (χ2n) is 12.1. The lowest BCUT2D eigenvalue weighted by Crippen LogP contribution is -2.51. The summed E-state index contributed by atoms with van der Waals surface area (Å²) < 4.78 is 36.5. The van der Waals surface area contributed by atoms with Crippen LogP contribution in [0.2, 0.25) is 0 Å². The Morgan fingerprint density at radius 3 is 2.46 bits per heavy atom. The number of benzene rings is 3. The minimum absolute atomic E-state index is 0.0261. The Labute approximate surface area is 272 Å². The maximum atomic E-state index is 6.70. The summed E-state index contributed by atoms with van der Waals surface area (Å²) in [4.78, 5) is 4.58. The monoisotopic (exact) mass is 632 g/mol. The number of anilines is 2. The highest BCUT2D eigenvalue weighted by Crippen LogP contribution is 2.37. The highest BCUT2D eigenvalue weighted by atomic mass is 16.5. The van der Waals surface area contributed by atoms with Crippen LogP contribution in [0.1, 0.15) is 23.5 Å². The fourth-order valence-corrected chi connectivity index (χ4v) is 6.47. The van der Waals surface area contributed by atoms with Crippen LogP contribution < -0.4 is 34.6 Å². The zero-order valence-corrected chi connectivity index (χ0v) is 27.3. The van der Waals surface area contributed by atoms with Gasteiger partial charge in [0.25, 0.3) is 0 Å². The molecule has 248 valence electrons. The summed E-state index contributed by atoms with van der Waals surface area (Å²) in [5, 5.41) is 6.75. The topological polar surface area (TPSA) is 85.9 Å². The van der Waals surface area contributed by atoms with Gasteiger partial charge in [0, 0.05) is 58.9 Å². The van der Waals surface area contributed by atoms with E-state index in [4.69, 9.17) is 28.4 Å². The zero-order chi connectivity index (χ0) is 31.7. The number of nitrogens with one attached hydrogen (secondary N) is 2. The maximum absolute atomic E-state index is 6.70. The first-order valence-electron chi connectivity index (χ1n) is 16.5. The van der Waals surface area contributed by atoms with E-state index in [9.17, 15) is 0 Å². The van der Waals surface area contributed by atoms with Crippen LogP contribution in [0.3, 0.4) is 0 Å². The van der Waals surface area contributed by atoms with E-state index in [0.29, 0.717) is 26.4 Å². The molecule has 1 fully saturated rings. The van der Waals surface area contributed by atoms with Crippen LogP contribution in [-0.2, 0) is 20.8 Å². The number of hydrogen-bond acceptors (Lipinski definition) is 10. The van der Waals surface area contributed by atoms with Crippen molar-refractivity contribution in [3.63, 3.8) is 0 Å². The molecule has 2 N–H and O–H groups in total. The Hall–Kier alpha value is -3.54. The first kappa shape index (κ1) is 32.4. The van der Waals surface area contributed by atoms with Crippen LogP contribution in [0, 0.1) is 0 Å². The van der Waals surface area contributed by atoms with Gasteiger partial charge in [-0.25, -0.2) is 0 Å². The van der Waals surface area contributed by atoms with Gasteiger partial charge >= 0.3 is 0 Å². The lowest BCUT2D eigenvalue weighted by Gasteiger charge is -2.39. The molecule has 3 heterocycles. The van der Waals surface area contributed by atoms with Crippen molar-refractivity contribution in [3.8, 4) is 23.0 Å². The Bertz CT molecular complexity index is 1410. The molecule has 3 aromatic rings. The first-order valence-corrected chi connectivity index (χ1v) is 16.5. The summed E-state index contributed by atoms with van der Waals surface area (Å²) >= 11 is 0. The molecule has 1 saturated heterocycles. The lowest BCUT2D eigenvalue weighted by molar-refractivity contribution is -0.0589. The molecule has 46 heavy (non-hydrogen) atoms. The molecule has 10 nitrogen and oxygen atoms in total. The second kappa shape index (κ2) is 15.8. The molecule has 0 spiro atoms. The molecule has 0 saturated carbocycles. The molecule has 0 amide bonds. The van der Waals surface area contributed by atoms with Crippen LogP contribution >= 0.6 is 0 Å². The highest BCUT2D eigenvalue weighted by Gasteiger charge is 2.36. The quantitative estimate of drug-likeness (QED) is 0.249. The number of methoxy groups -OCH3 is 1. The number of nitrogens with zero attached hydrogens (tertiary/aromatic N) is 2. The van der Waals surface area contributed by atoms with Crippen molar-refractivity contribution in [3.05, 3.63) is 71.8 Å². The SMILES string of the molecule is CNCCO[C@@H]1CNC[C@H](OCc2ccc3c(c2)N(CCCOC)CCO3)[C@H]1c1ccc(Oc2ccc3c(c2)OCCN3C)cc1. The third-order valence-electron chi connectivity index (χ3n) is 8.93. The Kier molecular flexibility index (Phi) is 11.2. The van der Waals surface area contributed by atoms with Crippen LogP contribution in [0.25, 0.3) is 0 Å². The summed E-state index contributed by atoms with van der Waals surface area (Å²) in [5.41, 5.74) is 4.51. The molecule has 6 rings (SSSR count). The van der Waals surface area contributed by atoms with Gasteiger partial charge in [-0.05, 0) is 61.0 Å². The maximum Gasteiger partial charge on any atom is 0.146 e. The highest BCUT2D eigenvalue weighted by molar-refractivity contribution is 5.62. The van der Waals surface area contributed by atoms with E-state index in [0.717, 1.165) is 92.2 Å². The summed E-state index contributed by atoms with van der Waals surface area (Å²) in [6, 6.07) is 20.8. The largest absolute Gasteiger partial charge is 0.490 e. The minimum atomic E-state index is -0.0695. The second-order valence-corrected chi connectivity index (χ2v) is 12.1. The van der Waals surface area contributed by atoms with Gasteiger partial charge in [0.05, 0.1) is 49.9 Å². The van der Waals surface area contributed by atoms with Gasteiger partial charge in [-0.15, -0.1) is 0 Å². The van der Waals surface area contributed by atoms with Gasteiger partial charge in [-0.1, -0.05) is 18.2 Å².